The van der Waals surface area contributed by atoms with E-state index in [9.17, 15) is 4.79 Å². The van der Waals surface area contributed by atoms with Gasteiger partial charge in [0.05, 0.1) is 18.4 Å². The van der Waals surface area contributed by atoms with Gasteiger partial charge < -0.3 is 5.32 Å². The Morgan fingerprint density at radius 1 is 1.38 bits per heavy atom. The average Bonchev–Trinajstić information content (AvgIpc) is 3.23. The molecule has 1 aliphatic carbocycles. The number of carbonyl (C=O) groups is 1. The summed E-state index contributed by atoms with van der Waals surface area (Å²) in [6.07, 6.45) is 7.66. The normalized spacial score (nSPS) is 15.0. The second-order valence-corrected chi connectivity index (χ2v) is 5.56. The standard InChI is InChI=1S/C17H19N3O/c1-13(15-7-8-15)9-17(21)19-16-10-18-20(12-16)11-14-5-3-2-4-6-14/h2-6,9-10,12,15H,7-8,11H2,1H3,(H,19,21)/b13-9+. The lowest BCUT2D eigenvalue weighted by Gasteiger charge is -2.01. The van der Waals surface area contributed by atoms with Crippen molar-refractivity contribution in [1.82, 2.24) is 9.78 Å². The van der Waals surface area contributed by atoms with Crippen LogP contribution in [0.3, 0.4) is 0 Å². The SMILES string of the molecule is C/C(=C\C(=O)Nc1cnn(Cc2ccccc2)c1)C1CC1. The van der Waals surface area contributed by atoms with Crippen LogP contribution in [0.5, 0.6) is 0 Å². The van der Waals surface area contributed by atoms with Crippen molar-refractivity contribution in [3.63, 3.8) is 0 Å². The summed E-state index contributed by atoms with van der Waals surface area (Å²) in [5.74, 6) is 0.551. The molecule has 1 aromatic carbocycles. The van der Waals surface area contributed by atoms with Crippen molar-refractivity contribution in [2.45, 2.75) is 26.3 Å². The molecule has 108 valence electrons. The van der Waals surface area contributed by atoms with Gasteiger partial charge in [-0.2, -0.15) is 5.10 Å². The quantitative estimate of drug-likeness (QED) is 0.855. The van der Waals surface area contributed by atoms with E-state index in [1.165, 1.54) is 24.0 Å². The molecule has 4 heteroatoms. The van der Waals surface area contributed by atoms with Crippen LogP contribution in [-0.4, -0.2) is 15.7 Å². The number of aromatic nitrogens is 2. The van der Waals surface area contributed by atoms with Crippen molar-refractivity contribution in [2.24, 2.45) is 5.92 Å². The predicted molar refractivity (Wildman–Crippen MR) is 82.9 cm³/mol. The van der Waals surface area contributed by atoms with Gasteiger partial charge in [0.25, 0.3) is 0 Å². The molecule has 2 aromatic rings. The first-order chi connectivity index (χ1) is 10.2. The Morgan fingerprint density at radius 2 is 2.14 bits per heavy atom. The van der Waals surface area contributed by atoms with Gasteiger partial charge in [0.2, 0.25) is 5.91 Å². The van der Waals surface area contributed by atoms with E-state index in [1.807, 2.05) is 36.0 Å². The molecular weight excluding hydrogens is 262 g/mol. The maximum absolute atomic E-state index is 11.9. The van der Waals surface area contributed by atoms with Crippen molar-refractivity contribution in [3.8, 4) is 0 Å². The van der Waals surface area contributed by atoms with E-state index < -0.39 is 0 Å². The molecule has 1 fully saturated rings. The minimum atomic E-state index is -0.0707. The molecule has 1 aromatic heterocycles. The van der Waals surface area contributed by atoms with Crippen LogP contribution in [0.2, 0.25) is 0 Å². The second kappa shape index (κ2) is 5.95. The van der Waals surface area contributed by atoms with E-state index in [-0.39, 0.29) is 5.91 Å². The van der Waals surface area contributed by atoms with Crippen molar-refractivity contribution in [3.05, 3.63) is 59.9 Å². The van der Waals surface area contributed by atoms with Gasteiger partial charge in [-0.25, -0.2) is 0 Å². The molecule has 0 aliphatic heterocycles. The lowest BCUT2D eigenvalue weighted by molar-refractivity contribution is -0.112. The highest BCUT2D eigenvalue weighted by molar-refractivity contribution is 5.99. The van der Waals surface area contributed by atoms with E-state index in [0.29, 0.717) is 12.5 Å². The predicted octanol–water partition coefficient (Wildman–Crippen LogP) is 3.23. The zero-order valence-electron chi connectivity index (χ0n) is 12.1. The molecule has 0 radical (unpaired) electrons. The van der Waals surface area contributed by atoms with Crippen LogP contribution in [0.15, 0.2) is 54.4 Å². The minimum Gasteiger partial charge on any atom is -0.320 e. The summed E-state index contributed by atoms with van der Waals surface area (Å²) in [6.45, 7) is 2.73. The van der Waals surface area contributed by atoms with E-state index in [4.69, 9.17) is 0 Å². The van der Waals surface area contributed by atoms with Crippen LogP contribution in [0.25, 0.3) is 0 Å². The molecule has 1 amide bonds. The summed E-state index contributed by atoms with van der Waals surface area (Å²) in [4.78, 5) is 11.9. The number of benzene rings is 1. The van der Waals surface area contributed by atoms with Gasteiger partial charge in [-0.15, -0.1) is 0 Å². The first-order valence-corrected chi connectivity index (χ1v) is 7.26. The molecule has 1 N–H and O–H groups in total. The third-order valence-corrected chi connectivity index (χ3v) is 3.67. The first kappa shape index (κ1) is 13.6. The zero-order chi connectivity index (χ0) is 14.7. The summed E-state index contributed by atoms with van der Waals surface area (Å²) in [7, 11) is 0. The van der Waals surface area contributed by atoms with Crippen molar-refractivity contribution in [2.75, 3.05) is 5.32 Å². The highest BCUT2D eigenvalue weighted by atomic mass is 16.1. The van der Waals surface area contributed by atoms with Gasteiger partial charge >= 0.3 is 0 Å². The molecule has 1 heterocycles. The number of amides is 1. The number of nitrogens with zero attached hydrogens (tertiary/aromatic N) is 2. The smallest absolute Gasteiger partial charge is 0.248 e. The summed E-state index contributed by atoms with van der Waals surface area (Å²) in [5, 5.41) is 7.14. The van der Waals surface area contributed by atoms with Crippen molar-refractivity contribution in [1.29, 1.82) is 0 Å². The Balaban J connectivity index is 1.60. The Morgan fingerprint density at radius 3 is 2.86 bits per heavy atom. The fourth-order valence-corrected chi connectivity index (χ4v) is 2.33. The number of hydrogen-bond donors (Lipinski definition) is 1. The van der Waals surface area contributed by atoms with Crippen molar-refractivity contribution < 1.29 is 4.79 Å². The summed E-state index contributed by atoms with van der Waals surface area (Å²) in [6, 6.07) is 10.1. The fourth-order valence-electron chi connectivity index (χ4n) is 2.33. The summed E-state index contributed by atoms with van der Waals surface area (Å²) >= 11 is 0. The molecule has 0 saturated heterocycles. The van der Waals surface area contributed by atoms with Crippen LogP contribution in [0, 0.1) is 5.92 Å². The van der Waals surface area contributed by atoms with Crippen LogP contribution >= 0.6 is 0 Å². The minimum absolute atomic E-state index is 0.0707. The largest absolute Gasteiger partial charge is 0.320 e. The number of allylic oxidation sites excluding steroid dienone is 1. The third kappa shape index (κ3) is 3.81. The molecule has 4 nitrogen and oxygen atoms in total. The van der Waals surface area contributed by atoms with Gasteiger partial charge in [-0.05, 0) is 31.2 Å². The molecule has 1 saturated carbocycles. The van der Waals surface area contributed by atoms with Gasteiger partial charge in [0, 0.05) is 12.3 Å². The Bertz CT molecular complexity index is 654. The van der Waals surface area contributed by atoms with E-state index in [1.54, 1.807) is 12.3 Å². The van der Waals surface area contributed by atoms with Crippen LogP contribution in [0.4, 0.5) is 5.69 Å². The van der Waals surface area contributed by atoms with Crippen LogP contribution in [-0.2, 0) is 11.3 Å². The topological polar surface area (TPSA) is 46.9 Å². The zero-order valence-corrected chi connectivity index (χ0v) is 12.1. The molecular formula is C17H19N3O. The summed E-state index contributed by atoms with van der Waals surface area (Å²) < 4.78 is 1.82. The molecule has 0 atom stereocenters. The van der Waals surface area contributed by atoms with Crippen LogP contribution in [0.1, 0.15) is 25.3 Å². The number of anilines is 1. The van der Waals surface area contributed by atoms with Gasteiger partial charge in [0.1, 0.15) is 0 Å². The molecule has 0 bridgehead atoms. The van der Waals surface area contributed by atoms with Crippen molar-refractivity contribution >= 4 is 11.6 Å². The van der Waals surface area contributed by atoms with Crippen LogP contribution < -0.4 is 5.32 Å². The highest BCUT2D eigenvalue weighted by Gasteiger charge is 2.23. The molecule has 21 heavy (non-hydrogen) atoms. The monoisotopic (exact) mass is 281 g/mol. The summed E-state index contributed by atoms with van der Waals surface area (Å²) in [5.41, 5.74) is 3.09. The van der Waals surface area contributed by atoms with E-state index in [0.717, 1.165) is 5.69 Å². The molecule has 0 spiro atoms. The highest BCUT2D eigenvalue weighted by Crippen LogP contribution is 2.35. The molecule has 0 unspecified atom stereocenters. The third-order valence-electron chi connectivity index (χ3n) is 3.67. The number of nitrogens with one attached hydrogen (secondary N) is 1. The lowest BCUT2D eigenvalue weighted by atomic mass is 10.2. The number of carbonyl (C=O) groups excluding carboxylic acids is 1. The first-order valence-electron chi connectivity index (χ1n) is 7.26. The van der Waals surface area contributed by atoms with E-state index >= 15 is 0 Å². The van der Waals surface area contributed by atoms with Gasteiger partial charge in [0.15, 0.2) is 0 Å². The Hall–Kier alpha value is -2.36. The maximum Gasteiger partial charge on any atom is 0.248 e. The molecule has 1 aliphatic rings. The Kier molecular flexibility index (Phi) is 3.86. The van der Waals surface area contributed by atoms with Gasteiger partial charge in [-0.3, -0.25) is 9.48 Å². The number of rotatable bonds is 5. The fraction of sp³-hybridized carbons (Fsp3) is 0.294. The number of hydrogen-bond acceptors (Lipinski definition) is 2. The maximum atomic E-state index is 11.9. The van der Waals surface area contributed by atoms with E-state index in [2.05, 4.69) is 22.5 Å². The second-order valence-electron chi connectivity index (χ2n) is 5.56. The molecule has 3 rings (SSSR count). The average molecular weight is 281 g/mol. The Labute approximate surface area is 124 Å². The van der Waals surface area contributed by atoms with Gasteiger partial charge in [-0.1, -0.05) is 35.9 Å². The lowest BCUT2D eigenvalue weighted by Crippen LogP contribution is -2.08.